The van der Waals surface area contributed by atoms with E-state index in [2.05, 4.69) is 59.7 Å². The average molecular weight is 559 g/mol. The smallest absolute Gasteiger partial charge is 0.318 e. The lowest BCUT2D eigenvalue weighted by Gasteiger charge is -2.38. The van der Waals surface area contributed by atoms with Gasteiger partial charge in [-0.05, 0) is 36.8 Å². The van der Waals surface area contributed by atoms with E-state index in [4.69, 9.17) is 14.7 Å². The van der Waals surface area contributed by atoms with Crippen LogP contribution in [-0.2, 0) is 22.6 Å². The van der Waals surface area contributed by atoms with E-state index in [-0.39, 0.29) is 18.0 Å². The number of likely N-dealkylation sites (N-methyl/N-ethyl adjacent to an activating group) is 1. The molecule has 0 bridgehead atoms. The van der Waals surface area contributed by atoms with E-state index < -0.39 is 11.7 Å². The number of aryl methyl sites for hydroxylation is 1. The van der Waals surface area contributed by atoms with Gasteiger partial charge in [-0.25, -0.2) is 4.39 Å². The third kappa shape index (κ3) is 5.18. The molecule has 1 atom stereocenters. The van der Waals surface area contributed by atoms with Crippen molar-refractivity contribution < 1.29 is 18.7 Å². The molecule has 0 spiro atoms. The molecule has 1 aromatic heterocycles. The predicted molar refractivity (Wildman–Crippen MR) is 156 cm³/mol. The fourth-order valence-corrected chi connectivity index (χ4v) is 6.21. The minimum atomic E-state index is -0.937. The van der Waals surface area contributed by atoms with Crippen LogP contribution in [0.15, 0.2) is 48.8 Å². The summed E-state index contributed by atoms with van der Waals surface area (Å²) in [5.74, 6) is -0.668. The summed E-state index contributed by atoms with van der Waals surface area (Å²) < 4.78 is 19.6. The van der Waals surface area contributed by atoms with Gasteiger partial charge in [0.2, 0.25) is 5.91 Å². The molecule has 9 nitrogen and oxygen atoms in total. The number of piperazine rings is 1. The zero-order valence-corrected chi connectivity index (χ0v) is 23.6. The standard InChI is InChI=1S/C31H35FN6O3/c1-20-6-4-7-22-8-5-9-26(28(20)22)38-13-12-24-25(18-38)33-31(41-19-23-10-11-27(39)35(23)3)34-29(24)36-14-16-37(17-15-36)30(40)21(2)32/h4-9,23H,2,10-19H2,1,3H3/t23-/m0/s1. The molecule has 2 amide bonds. The largest absolute Gasteiger partial charge is 0.461 e. The van der Waals surface area contributed by atoms with Crippen LogP contribution in [0.1, 0.15) is 29.7 Å². The van der Waals surface area contributed by atoms with Crippen LogP contribution in [0.5, 0.6) is 6.01 Å². The number of anilines is 2. The van der Waals surface area contributed by atoms with Gasteiger partial charge in [-0.15, -0.1) is 0 Å². The number of ether oxygens (including phenoxy) is 1. The molecule has 4 heterocycles. The third-order valence-electron chi connectivity index (χ3n) is 8.59. The van der Waals surface area contributed by atoms with Gasteiger partial charge in [0.05, 0.1) is 18.3 Å². The first-order chi connectivity index (χ1) is 19.8. The number of carbonyl (C=O) groups is 2. The number of fused-ring (bicyclic) bond motifs is 2. The highest BCUT2D eigenvalue weighted by molar-refractivity contribution is 5.97. The van der Waals surface area contributed by atoms with Gasteiger partial charge in [-0.1, -0.05) is 36.9 Å². The first-order valence-electron chi connectivity index (χ1n) is 14.2. The number of rotatable bonds is 6. The van der Waals surface area contributed by atoms with E-state index in [0.29, 0.717) is 45.8 Å². The lowest BCUT2D eigenvalue weighted by atomic mass is 9.99. The Kier molecular flexibility index (Phi) is 7.23. The van der Waals surface area contributed by atoms with Crippen LogP contribution in [0.4, 0.5) is 15.9 Å². The molecule has 214 valence electrons. The summed E-state index contributed by atoms with van der Waals surface area (Å²) in [7, 11) is 1.80. The van der Waals surface area contributed by atoms with Crippen molar-refractivity contribution in [3.8, 4) is 6.01 Å². The van der Waals surface area contributed by atoms with Crippen molar-refractivity contribution in [2.75, 3.05) is 56.2 Å². The lowest BCUT2D eigenvalue weighted by Crippen LogP contribution is -2.49. The summed E-state index contributed by atoms with van der Waals surface area (Å²) in [5, 5.41) is 2.45. The summed E-state index contributed by atoms with van der Waals surface area (Å²) in [4.78, 5) is 41.6. The zero-order chi connectivity index (χ0) is 28.7. The Hall–Kier alpha value is -4.21. The van der Waals surface area contributed by atoms with E-state index in [0.717, 1.165) is 36.5 Å². The number of benzene rings is 2. The first-order valence-corrected chi connectivity index (χ1v) is 14.2. The molecule has 3 aliphatic heterocycles. The van der Waals surface area contributed by atoms with Crippen molar-refractivity contribution >= 4 is 34.1 Å². The van der Waals surface area contributed by atoms with Crippen LogP contribution in [0.25, 0.3) is 10.8 Å². The molecular weight excluding hydrogens is 523 g/mol. The molecule has 3 aliphatic rings. The number of hydrogen-bond donors (Lipinski definition) is 0. The number of aromatic nitrogens is 2. The van der Waals surface area contributed by atoms with E-state index in [1.54, 1.807) is 11.9 Å². The molecule has 0 unspecified atom stereocenters. The van der Waals surface area contributed by atoms with Crippen molar-refractivity contribution in [2.24, 2.45) is 0 Å². The predicted octanol–water partition coefficient (Wildman–Crippen LogP) is 3.63. The van der Waals surface area contributed by atoms with Crippen LogP contribution in [-0.4, -0.2) is 84.0 Å². The topological polar surface area (TPSA) is 82.1 Å². The maximum Gasteiger partial charge on any atom is 0.318 e. The van der Waals surface area contributed by atoms with E-state index in [9.17, 15) is 14.0 Å². The number of nitrogens with zero attached hydrogens (tertiary/aromatic N) is 6. The summed E-state index contributed by atoms with van der Waals surface area (Å²) in [6.07, 6.45) is 2.03. The van der Waals surface area contributed by atoms with Gasteiger partial charge in [0.25, 0.3) is 5.91 Å². The average Bonchev–Trinajstić information content (AvgIpc) is 3.31. The molecule has 0 radical (unpaired) electrons. The third-order valence-corrected chi connectivity index (χ3v) is 8.59. The minimum absolute atomic E-state index is 0.0101. The quantitative estimate of drug-likeness (QED) is 0.428. The normalized spacial score (nSPS) is 19.1. The maximum atomic E-state index is 13.5. The van der Waals surface area contributed by atoms with Crippen LogP contribution in [0, 0.1) is 6.92 Å². The van der Waals surface area contributed by atoms with E-state index in [1.165, 1.54) is 26.9 Å². The first kappa shape index (κ1) is 27.0. The molecule has 6 rings (SSSR count). The molecule has 2 fully saturated rings. The second kappa shape index (κ2) is 11.0. The monoisotopic (exact) mass is 558 g/mol. The second-order valence-electron chi connectivity index (χ2n) is 11.1. The SMILES string of the molecule is C=C(F)C(=O)N1CCN(c2nc(OC[C@@H]3CCC(=O)N3C)nc3c2CCN(c2cccc4cccc(C)c24)C3)CC1. The number of halogens is 1. The second-order valence-corrected chi connectivity index (χ2v) is 11.1. The summed E-state index contributed by atoms with van der Waals surface area (Å²) in [5.41, 5.74) is 4.40. The molecule has 0 saturated carbocycles. The van der Waals surface area contributed by atoms with E-state index in [1.807, 2.05) is 0 Å². The van der Waals surface area contributed by atoms with Gasteiger partial charge in [-0.2, -0.15) is 9.97 Å². The van der Waals surface area contributed by atoms with Gasteiger partial charge in [0, 0.05) is 62.8 Å². The van der Waals surface area contributed by atoms with Crippen LogP contribution < -0.4 is 14.5 Å². The Morgan fingerprint density at radius 1 is 1.05 bits per heavy atom. The molecule has 0 N–H and O–H groups in total. The van der Waals surface area contributed by atoms with Gasteiger partial charge >= 0.3 is 6.01 Å². The van der Waals surface area contributed by atoms with Gasteiger partial charge in [0.1, 0.15) is 12.4 Å². The van der Waals surface area contributed by atoms with Gasteiger partial charge < -0.3 is 24.3 Å². The molecule has 2 aromatic carbocycles. The van der Waals surface area contributed by atoms with Crippen LogP contribution in [0.3, 0.4) is 0 Å². The molecule has 2 saturated heterocycles. The Bertz CT molecular complexity index is 1510. The number of carbonyl (C=O) groups excluding carboxylic acids is 2. The number of hydrogen-bond acceptors (Lipinski definition) is 7. The van der Waals surface area contributed by atoms with E-state index >= 15 is 0 Å². The molecule has 41 heavy (non-hydrogen) atoms. The highest BCUT2D eigenvalue weighted by Gasteiger charge is 2.31. The molecular formula is C31H35FN6O3. The number of likely N-dealkylation sites (tertiary alicyclic amines) is 1. The van der Waals surface area contributed by atoms with Crippen molar-refractivity contribution in [1.29, 1.82) is 0 Å². The molecule has 0 aliphatic carbocycles. The van der Waals surface area contributed by atoms with Crippen molar-refractivity contribution in [3.05, 3.63) is 65.6 Å². The number of amides is 2. The fourth-order valence-electron chi connectivity index (χ4n) is 6.21. The Morgan fingerprint density at radius 2 is 1.80 bits per heavy atom. The summed E-state index contributed by atoms with van der Waals surface area (Å²) in [6, 6.07) is 13.1. The minimum Gasteiger partial charge on any atom is -0.461 e. The van der Waals surface area contributed by atoms with Gasteiger partial charge in [0.15, 0.2) is 5.83 Å². The van der Waals surface area contributed by atoms with Gasteiger partial charge in [-0.3, -0.25) is 9.59 Å². The Morgan fingerprint density at radius 3 is 2.51 bits per heavy atom. The summed E-state index contributed by atoms with van der Waals surface area (Å²) in [6.45, 7) is 8.85. The van der Waals surface area contributed by atoms with Crippen LogP contribution in [0.2, 0.25) is 0 Å². The molecule has 10 heteroatoms. The van der Waals surface area contributed by atoms with Crippen LogP contribution >= 0.6 is 0 Å². The highest BCUT2D eigenvalue weighted by Crippen LogP contribution is 2.35. The fraction of sp³-hybridized carbons (Fsp3) is 0.419. The maximum absolute atomic E-state index is 13.5. The highest BCUT2D eigenvalue weighted by atomic mass is 19.1. The van der Waals surface area contributed by atoms with Crippen molar-refractivity contribution in [1.82, 2.24) is 19.8 Å². The lowest BCUT2D eigenvalue weighted by molar-refractivity contribution is -0.129. The Labute approximate surface area is 239 Å². The molecule has 3 aromatic rings. The zero-order valence-electron chi connectivity index (χ0n) is 23.6. The van der Waals surface area contributed by atoms with Crippen molar-refractivity contribution in [2.45, 2.75) is 38.8 Å². The van der Waals surface area contributed by atoms with Crippen molar-refractivity contribution in [3.63, 3.8) is 0 Å². The summed E-state index contributed by atoms with van der Waals surface area (Å²) >= 11 is 0. The Balaban J connectivity index is 1.30.